The van der Waals surface area contributed by atoms with E-state index in [1.54, 1.807) is 0 Å². The lowest BCUT2D eigenvalue weighted by atomic mass is 9.88. The minimum absolute atomic E-state index is 0.162. The number of hydrogen-bond acceptors (Lipinski definition) is 3. The lowest BCUT2D eigenvalue weighted by Gasteiger charge is -2.36. The molecule has 0 saturated carbocycles. The molecule has 124 valence electrons. The van der Waals surface area contributed by atoms with E-state index in [1.165, 1.54) is 12.0 Å². The molecule has 3 heteroatoms. The van der Waals surface area contributed by atoms with Gasteiger partial charge in [-0.3, -0.25) is 0 Å². The molecule has 2 rings (SSSR count). The summed E-state index contributed by atoms with van der Waals surface area (Å²) in [7, 11) is 0. The molecule has 2 atom stereocenters. The standard InChI is InChI=1S/C19H31NO2/c1-4-10-20-11-9-19(21)17(13-20)12-16-5-7-18(8-6-16)22-14-15(2)3/h5-8,15,17,19,21H,4,9-14H2,1-3H3. The van der Waals surface area contributed by atoms with Crippen LogP contribution in [0.3, 0.4) is 0 Å². The van der Waals surface area contributed by atoms with E-state index in [0.29, 0.717) is 11.8 Å². The number of hydrogen-bond donors (Lipinski definition) is 1. The number of ether oxygens (including phenoxy) is 1. The lowest BCUT2D eigenvalue weighted by molar-refractivity contribution is 0.0270. The second kappa shape index (κ2) is 8.54. The maximum Gasteiger partial charge on any atom is 0.119 e. The van der Waals surface area contributed by atoms with Gasteiger partial charge in [-0.2, -0.15) is 0 Å². The van der Waals surface area contributed by atoms with E-state index >= 15 is 0 Å². The fourth-order valence-electron chi connectivity index (χ4n) is 3.10. The summed E-state index contributed by atoms with van der Waals surface area (Å²) < 4.78 is 5.72. The van der Waals surface area contributed by atoms with Gasteiger partial charge >= 0.3 is 0 Å². The van der Waals surface area contributed by atoms with E-state index in [2.05, 4.69) is 49.9 Å². The Morgan fingerprint density at radius 1 is 1.27 bits per heavy atom. The van der Waals surface area contributed by atoms with Gasteiger partial charge in [-0.05, 0) is 49.4 Å². The van der Waals surface area contributed by atoms with Crippen LogP contribution in [0.1, 0.15) is 39.2 Å². The molecular formula is C19H31NO2. The van der Waals surface area contributed by atoms with Crippen LogP contribution in [0.5, 0.6) is 5.75 Å². The van der Waals surface area contributed by atoms with Crippen molar-refractivity contribution in [2.24, 2.45) is 11.8 Å². The zero-order valence-electron chi connectivity index (χ0n) is 14.3. The van der Waals surface area contributed by atoms with Crippen LogP contribution < -0.4 is 4.74 Å². The Balaban J connectivity index is 1.88. The number of aliphatic hydroxyl groups is 1. The maximum atomic E-state index is 10.3. The Kier molecular flexibility index (Phi) is 6.71. The van der Waals surface area contributed by atoms with Crippen molar-refractivity contribution in [2.45, 2.75) is 46.1 Å². The van der Waals surface area contributed by atoms with Crippen molar-refractivity contribution >= 4 is 0 Å². The van der Waals surface area contributed by atoms with Gasteiger partial charge in [-0.15, -0.1) is 0 Å². The van der Waals surface area contributed by atoms with E-state index in [9.17, 15) is 5.11 Å². The molecule has 1 fully saturated rings. The van der Waals surface area contributed by atoms with Crippen LogP contribution in [-0.2, 0) is 6.42 Å². The average Bonchev–Trinajstić information content (AvgIpc) is 2.50. The Morgan fingerprint density at radius 2 is 2.00 bits per heavy atom. The first-order valence-electron chi connectivity index (χ1n) is 8.70. The number of benzene rings is 1. The van der Waals surface area contributed by atoms with E-state index in [0.717, 1.165) is 44.8 Å². The first-order valence-corrected chi connectivity index (χ1v) is 8.70. The molecule has 0 aliphatic carbocycles. The summed E-state index contributed by atoms with van der Waals surface area (Å²) in [4.78, 5) is 2.48. The highest BCUT2D eigenvalue weighted by Gasteiger charge is 2.27. The summed E-state index contributed by atoms with van der Waals surface area (Å²) in [5.41, 5.74) is 1.29. The first-order chi connectivity index (χ1) is 10.6. The number of rotatable bonds is 7. The zero-order valence-corrected chi connectivity index (χ0v) is 14.3. The molecule has 0 bridgehead atoms. The van der Waals surface area contributed by atoms with E-state index in [1.807, 2.05) is 0 Å². The first kappa shape index (κ1) is 17.3. The lowest BCUT2D eigenvalue weighted by Crippen LogP contribution is -2.44. The van der Waals surface area contributed by atoms with Crippen molar-refractivity contribution in [1.29, 1.82) is 0 Å². The monoisotopic (exact) mass is 305 g/mol. The molecule has 2 unspecified atom stereocenters. The van der Waals surface area contributed by atoms with Gasteiger partial charge < -0.3 is 14.7 Å². The smallest absolute Gasteiger partial charge is 0.119 e. The topological polar surface area (TPSA) is 32.7 Å². The highest BCUT2D eigenvalue weighted by molar-refractivity contribution is 5.27. The second-order valence-electron chi connectivity index (χ2n) is 6.97. The predicted molar refractivity (Wildman–Crippen MR) is 91.3 cm³/mol. The highest BCUT2D eigenvalue weighted by atomic mass is 16.5. The fourth-order valence-corrected chi connectivity index (χ4v) is 3.10. The number of likely N-dealkylation sites (tertiary alicyclic amines) is 1. The summed E-state index contributed by atoms with van der Waals surface area (Å²) >= 11 is 0. The molecule has 1 aromatic carbocycles. The van der Waals surface area contributed by atoms with Crippen molar-refractivity contribution in [2.75, 3.05) is 26.2 Å². The minimum atomic E-state index is -0.162. The molecule has 0 amide bonds. The van der Waals surface area contributed by atoms with Crippen LogP contribution >= 0.6 is 0 Å². The number of nitrogens with zero attached hydrogens (tertiary/aromatic N) is 1. The van der Waals surface area contributed by atoms with E-state index in [-0.39, 0.29) is 6.10 Å². The van der Waals surface area contributed by atoms with Gasteiger partial charge in [0.2, 0.25) is 0 Å². The summed E-state index contributed by atoms with van der Waals surface area (Å²) in [6, 6.07) is 8.38. The van der Waals surface area contributed by atoms with Crippen molar-refractivity contribution in [1.82, 2.24) is 4.90 Å². The normalized spacial score (nSPS) is 23.0. The molecule has 22 heavy (non-hydrogen) atoms. The third kappa shape index (κ3) is 5.29. The van der Waals surface area contributed by atoms with Crippen LogP contribution in [0.15, 0.2) is 24.3 Å². The van der Waals surface area contributed by atoms with Crippen molar-refractivity contribution < 1.29 is 9.84 Å². The third-order valence-electron chi connectivity index (χ3n) is 4.32. The molecule has 1 aliphatic heterocycles. The van der Waals surface area contributed by atoms with E-state index in [4.69, 9.17) is 4.74 Å². The molecule has 1 heterocycles. The third-order valence-corrected chi connectivity index (χ3v) is 4.32. The van der Waals surface area contributed by atoms with Gasteiger partial charge in [0.05, 0.1) is 12.7 Å². The molecule has 0 aromatic heterocycles. The van der Waals surface area contributed by atoms with Gasteiger partial charge in [-0.25, -0.2) is 0 Å². The largest absolute Gasteiger partial charge is 0.493 e. The van der Waals surface area contributed by atoms with Gasteiger partial charge in [0.1, 0.15) is 5.75 Å². The van der Waals surface area contributed by atoms with Crippen LogP contribution in [0.25, 0.3) is 0 Å². The Hall–Kier alpha value is -1.06. The zero-order chi connectivity index (χ0) is 15.9. The second-order valence-corrected chi connectivity index (χ2v) is 6.97. The number of piperidine rings is 1. The Morgan fingerprint density at radius 3 is 2.64 bits per heavy atom. The van der Waals surface area contributed by atoms with Crippen LogP contribution in [0.4, 0.5) is 0 Å². The van der Waals surface area contributed by atoms with Gasteiger partial charge in [0, 0.05) is 19.0 Å². The van der Waals surface area contributed by atoms with Crippen LogP contribution in [-0.4, -0.2) is 42.4 Å². The molecule has 1 aromatic rings. The Bertz CT molecular complexity index is 430. The minimum Gasteiger partial charge on any atom is -0.493 e. The fraction of sp³-hybridized carbons (Fsp3) is 0.684. The molecule has 1 aliphatic rings. The van der Waals surface area contributed by atoms with Gasteiger partial charge in [-0.1, -0.05) is 32.9 Å². The van der Waals surface area contributed by atoms with Crippen molar-refractivity contribution in [3.05, 3.63) is 29.8 Å². The molecule has 1 N–H and O–H groups in total. The number of aliphatic hydroxyl groups excluding tert-OH is 1. The van der Waals surface area contributed by atoms with Gasteiger partial charge in [0.15, 0.2) is 0 Å². The van der Waals surface area contributed by atoms with Gasteiger partial charge in [0.25, 0.3) is 0 Å². The summed E-state index contributed by atoms with van der Waals surface area (Å²) in [5, 5.41) is 10.3. The summed E-state index contributed by atoms with van der Waals surface area (Å²) in [6.45, 7) is 10.5. The molecule has 0 radical (unpaired) electrons. The highest BCUT2D eigenvalue weighted by Crippen LogP contribution is 2.23. The predicted octanol–water partition coefficient (Wildman–Crippen LogP) is 3.36. The average molecular weight is 305 g/mol. The SMILES string of the molecule is CCCN1CCC(O)C(Cc2ccc(OCC(C)C)cc2)C1. The summed E-state index contributed by atoms with van der Waals surface area (Å²) in [5.74, 6) is 1.83. The molecule has 0 spiro atoms. The Labute approximate surface area is 135 Å². The molecule has 3 nitrogen and oxygen atoms in total. The van der Waals surface area contributed by atoms with Crippen molar-refractivity contribution in [3.8, 4) is 5.75 Å². The van der Waals surface area contributed by atoms with Crippen LogP contribution in [0, 0.1) is 11.8 Å². The van der Waals surface area contributed by atoms with E-state index < -0.39 is 0 Å². The van der Waals surface area contributed by atoms with Crippen molar-refractivity contribution in [3.63, 3.8) is 0 Å². The summed E-state index contributed by atoms with van der Waals surface area (Å²) in [6.07, 6.45) is 2.88. The maximum absolute atomic E-state index is 10.3. The quantitative estimate of drug-likeness (QED) is 0.838. The van der Waals surface area contributed by atoms with Crippen LogP contribution in [0.2, 0.25) is 0 Å². The molecular weight excluding hydrogens is 274 g/mol. The molecule has 1 saturated heterocycles.